The highest BCUT2D eigenvalue weighted by Gasteiger charge is 2.18. The molecule has 0 bridgehead atoms. The van der Waals surface area contributed by atoms with Crippen molar-refractivity contribution in [2.75, 3.05) is 5.88 Å². The number of hydrogen-bond donors (Lipinski definition) is 0. The maximum atomic E-state index is 11.4. The van der Waals surface area contributed by atoms with Crippen molar-refractivity contribution in [3.63, 3.8) is 0 Å². The first-order valence-electron chi connectivity index (χ1n) is 5.51. The van der Waals surface area contributed by atoms with Gasteiger partial charge in [0, 0.05) is 24.3 Å². The predicted molar refractivity (Wildman–Crippen MR) is 63.6 cm³/mol. The molecule has 5 heteroatoms. The van der Waals surface area contributed by atoms with Crippen molar-refractivity contribution in [2.45, 2.75) is 39.7 Å². The molecule has 0 saturated carbocycles. The molecule has 0 aromatic carbocycles. The lowest BCUT2D eigenvalue weighted by atomic mass is 9.98. The number of aromatic nitrogens is 3. The topological polar surface area (TPSA) is 47.8 Å². The van der Waals surface area contributed by atoms with Crippen molar-refractivity contribution >= 4 is 17.4 Å². The second-order valence-corrected chi connectivity index (χ2v) is 4.58. The maximum absolute atomic E-state index is 11.4. The number of hydrogen-bond acceptors (Lipinski definition) is 3. The van der Waals surface area contributed by atoms with Crippen LogP contribution in [0.5, 0.6) is 0 Å². The molecule has 1 unspecified atom stereocenters. The summed E-state index contributed by atoms with van der Waals surface area (Å²) in [6, 6.07) is 0.265. The van der Waals surface area contributed by atoms with E-state index in [1.807, 2.05) is 18.5 Å². The van der Waals surface area contributed by atoms with Gasteiger partial charge in [0.05, 0.1) is 0 Å². The molecule has 0 N–H and O–H groups in total. The van der Waals surface area contributed by atoms with Crippen LogP contribution in [0.3, 0.4) is 0 Å². The van der Waals surface area contributed by atoms with Crippen LogP contribution in [-0.2, 0) is 11.2 Å². The highest BCUT2D eigenvalue weighted by atomic mass is 35.5. The Balaban J connectivity index is 2.77. The molecule has 1 atom stereocenters. The molecular weight excluding hydrogens is 226 g/mol. The van der Waals surface area contributed by atoms with E-state index in [1.165, 1.54) is 6.33 Å². The summed E-state index contributed by atoms with van der Waals surface area (Å²) in [7, 11) is 0. The molecule has 1 rings (SSSR count). The van der Waals surface area contributed by atoms with Gasteiger partial charge in [0.2, 0.25) is 0 Å². The molecule has 0 amide bonds. The first kappa shape index (κ1) is 13.2. The molecule has 1 heterocycles. The smallest absolute Gasteiger partial charge is 0.138 e. The van der Waals surface area contributed by atoms with E-state index in [0.717, 1.165) is 5.82 Å². The van der Waals surface area contributed by atoms with Gasteiger partial charge in [-0.2, -0.15) is 5.10 Å². The van der Waals surface area contributed by atoms with Crippen molar-refractivity contribution in [1.82, 2.24) is 14.8 Å². The van der Waals surface area contributed by atoms with Crippen molar-refractivity contribution in [2.24, 2.45) is 5.92 Å². The number of carbonyl (C=O) groups excluding carboxylic acids is 1. The second-order valence-electron chi connectivity index (χ2n) is 4.20. The maximum Gasteiger partial charge on any atom is 0.138 e. The Kier molecular flexibility index (Phi) is 4.93. The third-order valence-electron chi connectivity index (χ3n) is 2.60. The largest absolute Gasteiger partial charge is 0.300 e. The fourth-order valence-corrected chi connectivity index (χ4v) is 1.92. The van der Waals surface area contributed by atoms with Crippen LogP contribution in [0.4, 0.5) is 0 Å². The zero-order valence-electron chi connectivity index (χ0n) is 9.98. The van der Waals surface area contributed by atoms with Crippen molar-refractivity contribution in [1.29, 1.82) is 0 Å². The van der Waals surface area contributed by atoms with Gasteiger partial charge < -0.3 is 0 Å². The molecule has 0 fully saturated rings. The summed E-state index contributed by atoms with van der Waals surface area (Å²) in [6.45, 7) is 5.69. The molecule has 0 spiro atoms. The van der Waals surface area contributed by atoms with Crippen LogP contribution in [0.2, 0.25) is 0 Å². The van der Waals surface area contributed by atoms with Crippen LogP contribution in [-0.4, -0.2) is 26.4 Å². The number of Topliss-reactive ketones (excluding diaryl/α,β-unsaturated/α-hetero) is 1. The summed E-state index contributed by atoms with van der Waals surface area (Å²) in [5.74, 6) is 1.48. The highest BCUT2D eigenvalue weighted by molar-refractivity contribution is 6.18. The fourth-order valence-electron chi connectivity index (χ4n) is 1.65. The van der Waals surface area contributed by atoms with Gasteiger partial charge in [-0.05, 0) is 27.2 Å². The normalized spacial score (nSPS) is 13.1. The van der Waals surface area contributed by atoms with Gasteiger partial charge in [0.25, 0.3) is 0 Å². The number of ketones is 1. The molecule has 0 aliphatic heterocycles. The van der Waals surface area contributed by atoms with E-state index in [2.05, 4.69) is 10.1 Å². The van der Waals surface area contributed by atoms with Crippen LogP contribution in [0.1, 0.15) is 39.1 Å². The molecule has 0 aliphatic rings. The Hall–Kier alpha value is -0.900. The van der Waals surface area contributed by atoms with E-state index in [-0.39, 0.29) is 17.7 Å². The van der Waals surface area contributed by atoms with E-state index in [0.29, 0.717) is 18.7 Å². The zero-order valence-corrected chi connectivity index (χ0v) is 10.7. The second kappa shape index (κ2) is 5.99. The van der Waals surface area contributed by atoms with Gasteiger partial charge in [-0.3, -0.25) is 4.79 Å². The van der Waals surface area contributed by atoms with Crippen LogP contribution < -0.4 is 0 Å². The molecule has 0 saturated heterocycles. The Morgan fingerprint density at radius 1 is 1.56 bits per heavy atom. The molecule has 90 valence electrons. The quantitative estimate of drug-likeness (QED) is 0.720. The highest BCUT2D eigenvalue weighted by Crippen LogP contribution is 2.15. The van der Waals surface area contributed by atoms with Gasteiger partial charge >= 0.3 is 0 Å². The third kappa shape index (κ3) is 3.30. The SMILES string of the molecule is CC(=O)C(CCCl)Cc1ncnn1C(C)C. The molecule has 4 nitrogen and oxygen atoms in total. The van der Waals surface area contributed by atoms with E-state index in [9.17, 15) is 4.79 Å². The van der Waals surface area contributed by atoms with Gasteiger partial charge in [-0.25, -0.2) is 9.67 Å². The predicted octanol–water partition coefficient (Wildman–Crippen LogP) is 2.24. The average Bonchev–Trinajstić information content (AvgIpc) is 2.65. The molecule has 1 aromatic heterocycles. The van der Waals surface area contributed by atoms with Crippen LogP contribution in [0, 0.1) is 5.92 Å². The van der Waals surface area contributed by atoms with E-state index in [1.54, 1.807) is 6.92 Å². The number of alkyl halides is 1. The Morgan fingerprint density at radius 2 is 2.25 bits per heavy atom. The number of carbonyl (C=O) groups is 1. The van der Waals surface area contributed by atoms with E-state index < -0.39 is 0 Å². The number of nitrogens with zero attached hydrogens (tertiary/aromatic N) is 3. The molecule has 0 radical (unpaired) electrons. The third-order valence-corrected chi connectivity index (χ3v) is 2.82. The molecule has 0 aliphatic carbocycles. The van der Waals surface area contributed by atoms with E-state index in [4.69, 9.17) is 11.6 Å². The van der Waals surface area contributed by atoms with Crippen LogP contribution in [0.25, 0.3) is 0 Å². The van der Waals surface area contributed by atoms with E-state index >= 15 is 0 Å². The Labute approximate surface area is 101 Å². The van der Waals surface area contributed by atoms with Gasteiger partial charge in [-0.1, -0.05) is 0 Å². The minimum Gasteiger partial charge on any atom is -0.300 e. The minimum absolute atomic E-state index is 0.0424. The van der Waals surface area contributed by atoms with Crippen molar-refractivity contribution in [3.05, 3.63) is 12.2 Å². The monoisotopic (exact) mass is 243 g/mol. The summed E-state index contributed by atoms with van der Waals surface area (Å²) in [6.07, 6.45) is 2.86. The first-order chi connectivity index (χ1) is 7.56. The lowest BCUT2D eigenvalue weighted by Crippen LogP contribution is -2.18. The summed E-state index contributed by atoms with van der Waals surface area (Å²) in [5.41, 5.74) is 0. The van der Waals surface area contributed by atoms with Crippen molar-refractivity contribution in [3.8, 4) is 0 Å². The summed E-state index contributed by atoms with van der Waals surface area (Å²) >= 11 is 5.69. The number of rotatable bonds is 6. The molecule has 16 heavy (non-hydrogen) atoms. The average molecular weight is 244 g/mol. The summed E-state index contributed by atoms with van der Waals surface area (Å²) in [4.78, 5) is 15.6. The lowest BCUT2D eigenvalue weighted by molar-refractivity contribution is -0.120. The summed E-state index contributed by atoms with van der Waals surface area (Å²) < 4.78 is 1.85. The minimum atomic E-state index is -0.0424. The lowest BCUT2D eigenvalue weighted by Gasteiger charge is -2.14. The standard InChI is InChI=1S/C11H18ClN3O/c1-8(2)15-11(13-7-14-15)6-10(4-5-12)9(3)16/h7-8,10H,4-6H2,1-3H3. The fraction of sp³-hybridized carbons (Fsp3) is 0.727. The number of halogens is 1. The Bertz CT molecular complexity index is 349. The van der Waals surface area contributed by atoms with Gasteiger partial charge in [-0.15, -0.1) is 11.6 Å². The zero-order chi connectivity index (χ0) is 12.1. The van der Waals surface area contributed by atoms with Crippen molar-refractivity contribution < 1.29 is 4.79 Å². The van der Waals surface area contributed by atoms with Crippen LogP contribution >= 0.6 is 11.6 Å². The Morgan fingerprint density at radius 3 is 2.75 bits per heavy atom. The molecule has 1 aromatic rings. The first-order valence-corrected chi connectivity index (χ1v) is 6.04. The van der Waals surface area contributed by atoms with Crippen LogP contribution in [0.15, 0.2) is 6.33 Å². The van der Waals surface area contributed by atoms with Gasteiger partial charge in [0.15, 0.2) is 0 Å². The molecular formula is C11H18ClN3O. The van der Waals surface area contributed by atoms with Gasteiger partial charge in [0.1, 0.15) is 17.9 Å². The summed E-state index contributed by atoms with van der Waals surface area (Å²) in [5, 5.41) is 4.15.